The van der Waals surface area contributed by atoms with Crippen molar-refractivity contribution in [3.63, 3.8) is 0 Å². The SMILES string of the molecule is [BH4-].[K+].c1c[nH]nn1.c1c[nH]nn1. The van der Waals surface area contributed by atoms with Gasteiger partial charge in [0.25, 0.3) is 0 Å². The minimum atomic E-state index is 0. The van der Waals surface area contributed by atoms with Gasteiger partial charge >= 0.3 is 51.4 Å². The average molecular weight is 192 g/mol. The Kier molecular flexibility index (Phi) is 13.3. The van der Waals surface area contributed by atoms with E-state index in [1.165, 1.54) is 0 Å². The molecule has 2 aromatic heterocycles. The van der Waals surface area contributed by atoms with Crippen LogP contribution >= 0.6 is 0 Å². The van der Waals surface area contributed by atoms with Crippen LogP contribution in [0, 0.1) is 0 Å². The maximum Gasteiger partial charge on any atom is 1.00 e. The molecule has 2 N–H and O–H groups in total. The summed E-state index contributed by atoms with van der Waals surface area (Å²) in [4.78, 5) is 0. The summed E-state index contributed by atoms with van der Waals surface area (Å²) in [5.74, 6) is 0. The van der Waals surface area contributed by atoms with Crippen molar-refractivity contribution >= 4 is 8.41 Å². The summed E-state index contributed by atoms with van der Waals surface area (Å²) >= 11 is 0. The van der Waals surface area contributed by atoms with E-state index in [-0.39, 0.29) is 59.8 Å². The molecule has 8 heteroatoms. The smallest absolute Gasteiger partial charge is 0.266 e. The van der Waals surface area contributed by atoms with E-state index in [1.54, 1.807) is 24.8 Å². The van der Waals surface area contributed by atoms with Crippen molar-refractivity contribution in [3.8, 4) is 0 Å². The first-order valence-corrected chi connectivity index (χ1v) is 2.61. The Hall–Kier alpha value is -0.0187. The third-order valence-electron chi connectivity index (χ3n) is 0.662. The molecule has 0 aliphatic carbocycles. The summed E-state index contributed by atoms with van der Waals surface area (Å²) < 4.78 is 0. The summed E-state index contributed by atoms with van der Waals surface area (Å²) in [5.41, 5.74) is 0. The Bertz CT molecular complexity index is 159. The molecule has 2 aromatic rings. The van der Waals surface area contributed by atoms with Gasteiger partial charge in [-0.2, -0.15) is 0 Å². The molecule has 2 heterocycles. The third kappa shape index (κ3) is 8.08. The standard InChI is InChI=1S/2C2H3N3.BH4.K/c2*1-2-4-5-3-1;;/h2*1-2H,(H,3,4,5);1H4;/q;;-1;+1. The molecule has 0 fully saturated rings. The second-order valence-corrected chi connectivity index (χ2v) is 1.32. The van der Waals surface area contributed by atoms with Gasteiger partial charge in [-0.25, -0.2) is 0 Å². The minimum Gasteiger partial charge on any atom is -0.266 e. The average Bonchev–Trinajstić information content (AvgIpc) is 2.67. The van der Waals surface area contributed by atoms with Gasteiger partial charge in [0.05, 0.1) is 12.4 Å². The second-order valence-electron chi connectivity index (χ2n) is 1.32. The molecule has 0 unspecified atom stereocenters. The largest absolute Gasteiger partial charge is 1.00 e. The predicted octanol–water partition coefficient (Wildman–Crippen LogP) is -4.84. The van der Waals surface area contributed by atoms with E-state index >= 15 is 0 Å². The van der Waals surface area contributed by atoms with Crippen LogP contribution in [0.2, 0.25) is 0 Å². The van der Waals surface area contributed by atoms with Crippen LogP contribution in [-0.2, 0) is 0 Å². The van der Waals surface area contributed by atoms with E-state index < -0.39 is 0 Å². The van der Waals surface area contributed by atoms with Crippen LogP contribution in [0.25, 0.3) is 0 Å². The van der Waals surface area contributed by atoms with E-state index in [2.05, 4.69) is 30.8 Å². The van der Waals surface area contributed by atoms with Gasteiger partial charge in [0.15, 0.2) is 0 Å². The normalized spacial score (nSPS) is 6.67. The number of aromatic nitrogens is 6. The van der Waals surface area contributed by atoms with Gasteiger partial charge in [0.1, 0.15) is 0 Å². The van der Waals surface area contributed by atoms with Crippen LogP contribution in [0.4, 0.5) is 0 Å². The van der Waals surface area contributed by atoms with Crippen LogP contribution in [-0.4, -0.2) is 39.2 Å². The molecular formula is C4H10BKN6. The van der Waals surface area contributed by atoms with Gasteiger partial charge in [-0.15, -0.1) is 10.2 Å². The maximum atomic E-state index is 3.42. The molecule has 0 aromatic carbocycles. The number of nitrogens with one attached hydrogen (secondary N) is 2. The van der Waals surface area contributed by atoms with Gasteiger partial charge in [-0.1, -0.05) is 18.8 Å². The fraction of sp³-hybridized carbons (Fsp3) is 0. The fourth-order valence-corrected chi connectivity index (χ4v) is 0.333. The van der Waals surface area contributed by atoms with Crippen LogP contribution in [0.5, 0.6) is 0 Å². The Labute approximate surface area is 114 Å². The number of nitrogens with zero attached hydrogens (tertiary/aromatic N) is 4. The number of aromatic amines is 2. The second kappa shape index (κ2) is 11.0. The molecule has 6 nitrogen and oxygen atoms in total. The van der Waals surface area contributed by atoms with E-state index in [4.69, 9.17) is 0 Å². The van der Waals surface area contributed by atoms with Crippen molar-refractivity contribution in [1.29, 1.82) is 0 Å². The molecule has 0 aliphatic heterocycles. The first kappa shape index (κ1) is 14.5. The summed E-state index contributed by atoms with van der Waals surface area (Å²) in [6.07, 6.45) is 6.47. The van der Waals surface area contributed by atoms with Gasteiger partial charge in [0.2, 0.25) is 0 Å². The van der Waals surface area contributed by atoms with E-state index in [1.807, 2.05) is 0 Å². The summed E-state index contributed by atoms with van der Waals surface area (Å²) in [6, 6.07) is 0. The molecule has 0 spiro atoms. The van der Waals surface area contributed by atoms with Crippen LogP contribution in [0.3, 0.4) is 0 Å². The van der Waals surface area contributed by atoms with Gasteiger partial charge < -0.3 is 0 Å². The van der Waals surface area contributed by atoms with E-state index in [0.717, 1.165) is 0 Å². The van der Waals surface area contributed by atoms with Crippen molar-refractivity contribution in [1.82, 2.24) is 30.8 Å². The predicted molar refractivity (Wildman–Crippen MR) is 44.1 cm³/mol. The maximum absolute atomic E-state index is 3.42. The molecule has 0 bridgehead atoms. The van der Waals surface area contributed by atoms with Crippen LogP contribution < -0.4 is 51.4 Å². The quantitative estimate of drug-likeness (QED) is 0.410. The molecular weight excluding hydrogens is 182 g/mol. The molecule has 0 amide bonds. The number of rotatable bonds is 0. The molecule has 0 aliphatic rings. The summed E-state index contributed by atoms with van der Waals surface area (Å²) in [6.45, 7) is 0. The Morgan fingerprint density at radius 1 is 0.833 bits per heavy atom. The third-order valence-corrected chi connectivity index (χ3v) is 0.662. The fourth-order valence-electron chi connectivity index (χ4n) is 0.333. The van der Waals surface area contributed by atoms with Gasteiger partial charge in [-0.3, -0.25) is 10.2 Å². The first-order valence-electron chi connectivity index (χ1n) is 2.61. The molecule has 0 saturated heterocycles. The monoisotopic (exact) mass is 192 g/mol. The number of H-pyrrole nitrogens is 2. The van der Waals surface area contributed by atoms with Crippen molar-refractivity contribution in [2.24, 2.45) is 0 Å². The zero-order valence-corrected chi connectivity index (χ0v) is 9.22. The van der Waals surface area contributed by atoms with Crippen molar-refractivity contribution < 1.29 is 51.4 Å². The Morgan fingerprint density at radius 2 is 1.25 bits per heavy atom. The van der Waals surface area contributed by atoms with Gasteiger partial charge in [0, 0.05) is 12.4 Å². The van der Waals surface area contributed by atoms with E-state index in [9.17, 15) is 0 Å². The Balaban J connectivity index is 0. The molecule has 0 saturated carbocycles. The summed E-state index contributed by atoms with van der Waals surface area (Å²) in [5, 5.41) is 18.5. The topological polar surface area (TPSA) is 83.1 Å². The van der Waals surface area contributed by atoms with Crippen molar-refractivity contribution in [3.05, 3.63) is 24.8 Å². The molecule has 2 rings (SSSR count). The van der Waals surface area contributed by atoms with Gasteiger partial charge in [-0.05, 0) is 0 Å². The molecule has 0 radical (unpaired) electrons. The van der Waals surface area contributed by atoms with Crippen molar-refractivity contribution in [2.75, 3.05) is 0 Å². The van der Waals surface area contributed by atoms with Crippen LogP contribution in [0.1, 0.15) is 0 Å². The Morgan fingerprint density at radius 3 is 1.33 bits per heavy atom. The molecule has 0 atom stereocenters. The molecule has 12 heavy (non-hydrogen) atoms. The van der Waals surface area contributed by atoms with Crippen molar-refractivity contribution in [2.45, 2.75) is 0 Å². The first-order chi connectivity index (χ1) is 5.00. The minimum absolute atomic E-state index is 0. The number of hydrogen-bond acceptors (Lipinski definition) is 4. The molecule has 60 valence electrons. The summed E-state index contributed by atoms with van der Waals surface area (Å²) in [7, 11) is 0. The van der Waals surface area contributed by atoms with E-state index in [0.29, 0.717) is 0 Å². The number of hydrogen-bond donors (Lipinski definition) is 2. The zero-order chi connectivity index (χ0) is 7.07. The van der Waals surface area contributed by atoms with Crippen LogP contribution in [0.15, 0.2) is 24.8 Å². The zero-order valence-electron chi connectivity index (χ0n) is 6.10.